The summed E-state index contributed by atoms with van der Waals surface area (Å²) in [5.74, 6) is 0.459. The van der Waals surface area contributed by atoms with Crippen molar-refractivity contribution in [3.8, 4) is 0 Å². The Bertz CT molecular complexity index is 453. The lowest BCUT2D eigenvalue weighted by molar-refractivity contribution is -0.121. The summed E-state index contributed by atoms with van der Waals surface area (Å²) in [6.07, 6.45) is 9.11. The van der Waals surface area contributed by atoms with Gasteiger partial charge in [0.05, 0.1) is 11.5 Å². The summed E-state index contributed by atoms with van der Waals surface area (Å²) < 4.78 is 22.6. The van der Waals surface area contributed by atoms with Crippen LogP contribution >= 0.6 is 0 Å². The number of carbonyl (C=O) groups excluding carboxylic acids is 1. The van der Waals surface area contributed by atoms with Gasteiger partial charge in [-0.15, -0.1) is 0 Å². The van der Waals surface area contributed by atoms with E-state index in [1.165, 1.54) is 24.8 Å². The van der Waals surface area contributed by atoms with Gasteiger partial charge in [0.2, 0.25) is 5.91 Å². The Morgan fingerprint density at radius 1 is 1.37 bits per heavy atom. The molecule has 0 bridgehead atoms. The van der Waals surface area contributed by atoms with Crippen LogP contribution in [0, 0.1) is 5.92 Å². The van der Waals surface area contributed by atoms with Crippen LogP contribution in [0.3, 0.4) is 0 Å². The second kappa shape index (κ2) is 6.55. The second-order valence-electron chi connectivity index (χ2n) is 5.68. The number of hydrogen-bond acceptors (Lipinski definition) is 3. The van der Waals surface area contributed by atoms with Gasteiger partial charge in [0.15, 0.2) is 9.84 Å². The highest BCUT2D eigenvalue weighted by Crippen LogP contribution is 2.22. The van der Waals surface area contributed by atoms with Gasteiger partial charge < -0.3 is 5.32 Å². The molecular weight excluding hydrogens is 262 g/mol. The average Bonchev–Trinajstić information content (AvgIpc) is 2.70. The number of amides is 1. The molecule has 5 heteroatoms. The Balaban J connectivity index is 1.63. The number of rotatable bonds is 5. The third kappa shape index (κ3) is 4.97. The Hall–Kier alpha value is -0.840. The highest BCUT2D eigenvalue weighted by atomic mass is 32.2. The molecule has 1 unspecified atom stereocenters. The van der Waals surface area contributed by atoms with E-state index in [2.05, 4.69) is 11.4 Å². The maximum Gasteiger partial charge on any atom is 0.220 e. The molecule has 0 aromatic rings. The summed E-state index contributed by atoms with van der Waals surface area (Å²) >= 11 is 0. The van der Waals surface area contributed by atoms with E-state index in [9.17, 15) is 13.2 Å². The van der Waals surface area contributed by atoms with Gasteiger partial charge in [-0.1, -0.05) is 11.6 Å². The van der Waals surface area contributed by atoms with Gasteiger partial charge in [-0.25, -0.2) is 8.42 Å². The van der Waals surface area contributed by atoms with E-state index >= 15 is 0 Å². The molecular formula is C14H23NO3S. The van der Waals surface area contributed by atoms with Gasteiger partial charge in [-0.05, 0) is 44.4 Å². The zero-order valence-electron chi connectivity index (χ0n) is 11.4. The van der Waals surface area contributed by atoms with Crippen molar-refractivity contribution in [2.45, 2.75) is 44.9 Å². The summed E-state index contributed by atoms with van der Waals surface area (Å²) in [5, 5.41) is 2.91. The summed E-state index contributed by atoms with van der Waals surface area (Å²) in [7, 11) is -2.87. The van der Waals surface area contributed by atoms with Gasteiger partial charge in [-0.2, -0.15) is 0 Å². The molecule has 1 atom stereocenters. The zero-order valence-corrected chi connectivity index (χ0v) is 12.2. The van der Waals surface area contributed by atoms with Crippen molar-refractivity contribution in [3.63, 3.8) is 0 Å². The normalized spacial score (nSPS) is 25.9. The van der Waals surface area contributed by atoms with Gasteiger partial charge in [0.25, 0.3) is 0 Å². The Morgan fingerprint density at radius 2 is 2.21 bits per heavy atom. The molecule has 2 aliphatic rings. The van der Waals surface area contributed by atoms with E-state index in [4.69, 9.17) is 0 Å². The number of nitrogens with one attached hydrogen (secondary N) is 1. The topological polar surface area (TPSA) is 63.2 Å². The molecule has 1 aliphatic heterocycles. The van der Waals surface area contributed by atoms with Crippen LogP contribution < -0.4 is 5.32 Å². The van der Waals surface area contributed by atoms with Crippen molar-refractivity contribution >= 4 is 15.7 Å². The first-order valence-corrected chi connectivity index (χ1v) is 9.02. The third-order valence-electron chi connectivity index (χ3n) is 3.95. The summed E-state index contributed by atoms with van der Waals surface area (Å²) in [6.45, 7) is 0.685. The van der Waals surface area contributed by atoms with Crippen molar-refractivity contribution < 1.29 is 13.2 Å². The number of hydrogen-bond donors (Lipinski definition) is 1. The fourth-order valence-corrected chi connectivity index (χ4v) is 4.72. The molecule has 0 aromatic carbocycles. The van der Waals surface area contributed by atoms with Gasteiger partial charge in [-0.3, -0.25) is 4.79 Å². The summed E-state index contributed by atoms with van der Waals surface area (Å²) in [6, 6.07) is 0. The molecule has 1 aliphatic carbocycles. The summed E-state index contributed by atoms with van der Waals surface area (Å²) in [4.78, 5) is 11.7. The maximum atomic E-state index is 11.7. The molecule has 1 fully saturated rings. The highest BCUT2D eigenvalue weighted by molar-refractivity contribution is 7.91. The Kier molecular flexibility index (Phi) is 5.02. The van der Waals surface area contributed by atoms with Crippen molar-refractivity contribution in [1.82, 2.24) is 5.32 Å². The molecule has 4 nitrogen and oxygen atoms in total. The first kappa shape index (κ1) is 14.6. The van der Waals surface area contributed by atoms with E-state index in [0.717, 1.165) is 12.8 Å². The van der Waals surface area contributed by atoms with Crippen molar-refractivity contribution in [1.29, 1.82) is 0 Å². The maximum absolute atomic E-state index is 11.7. The first-order valence-electron chi connectivity index (χ1n) is 7.20. The molecule has 0 radical (unpaired) electrons. The van der Waals surface area contributed by atoms with Gasteiger partial charge >= 0.3 is 0 Å². The minimum Gasteiger partial charge on any atom is -0.356 e. The molecule has 1 saturated heterocycles. The molecule has 1 N–H and O–H groups in total. The van der Waals surface area contributed by atoms with E-state index in [-0.39, 0.29) is 23.3 Å². The Morgan fingerprint density at radius 3 is 2.84 bits per heavy atom. The van der Waals surface area contributed by atoms with Gasteiger partial charge in [0, 0.05) is 13.0 Å². The third-order valence-corrected chi connectivity index (χ3v) is 5.79. The fraction of sp³-hybridized carbons (Fsp3) is 0.786. The van der Waals surface area contributed by atoms with Crippen LogP contribution in [0.4, 0.5) is 0 Å². The van der Waals surface area contributed by atoms with Crippen LogP contribution in [0.5, 0.6) is 0 Å². The molecule has 108 valence electrons. The quantitative estimate of drug-likeness (QED) is 0.784. The van der Waals surface area contributed by atoms with E-state index in [0.29, 0.717) is 19.4 Å². The molecule has 0 saturated carbocycles. The predicted molar refractivity (Wildman–Crippen MR) is 75.6 cm³/mol. The summed E-state index contributed by atoms with van der Waals surface area (Å²) in [5.41, 5.74) is 1.45. The molecule has 1 amide bonds. The highest BCUT2D eigenvalue weighted by Gasteiger charge is 2.29. The zero-order chi connectivity index (χ0) is 13.7. The second-order valence-corrected chi connectivity index (χ2v) is 7.91. The molecule has 0 spiro atoms. The van der Waals surface area contributed by atoms with Crippen LogP contribution in [0.2, 0.25) is 0 Å². The molecule has 1 heterocycles. The van der Waals surface area contributed by atoms with E-state index < -0.39 is 9.84 Å². The van der Waals surface area contributed by atoms with Crippen LogP contribution in [-0.2, 0) is 14.6 Å². The van der Waals surface area contributed by atoms with Crippen LogP contribution in [0.1, 0.15) is 44.9 Å². The molecule has 19 heavy (non-hydrogen) atoms. The SMILES string of the molecule is O=C(CC1CCS(=O)(=O)C1)NCCC1=CCCCC1. The average molecular weight is 285 g/mol. The number of allylic oxidation sites excluding steroid dienone is 1. The van der Waals surface area contributed by atoms with Crippen molar-refractivity contribution in [2.75, 3.05) is 18.1 Å². The molecule has 2 rings (SSSR count). The predicted octanol–water partition coefficient (Wildman–Crippen LogP) is 1.82. The standard InChI is InChI=1S/C14H23NO3S/c16-14(10-13-7-9-19(17,18)11-13)15-8-6-12-4-2-1-3-5-12/h4,13H,1-3,5-11H2,(H,15,16). The fourth-order valence-electron chi connectivity index (χ4n) is 2.86. The van der Waals surface area contributed by atoms with Gasteiger partial charge in [0.1, 0.15) is 0 Å². The first-order chi connectivity index (χ1) is 9.05. The largest absolute Gasteiger partial charge is 0.356 e. The van der Waals surface area contributed by atoms with Crippen molar-refractivity contribution in [2.24, 2.45) is 5.92 Å². The van der Waals surface area contributed by atoms with E-state index in [1.54, 1.807) is 0 Å². The lowest BCUT2D eigenvalue weighted by atomic mass is 9.97. The van der Waals surface area contributed by atoms with Crippen LogP contribution in [0.15, 0.2) is 11.6 Å². The lowest BCUT2D eigenvalue weighted by Crippen LogP contribution is -2.27. The van der Waals surface area contributed by atoms with Crippen molar-refractivity contribution in [3.05, 3.63) is 11.6 Å². The minimum absolute atomic E-state index is 0.00138. The number of sulfone groups is 1. The molecule has 0 aromatic heterocycles. The number of carbonyl (C=O) groups is 1. The minimum atomic E-state index is -2.87. The smallest absolute Gasteiger partial charge is 0.220 e. The Labute approximate surface area is 115 Å². The van der Waals surface area contributed by atoms with Crippen LogP contribution in [0.25, 0.3) is 0 Å². The monoisotopic (exact) mass is 285 g/mol. The van der Waals surface area contributed by atoms with E-state index in [1.807, 2.05) is 0 Å². The van der Waals surface area contributed by atoms with Crippen LogP contribution in [-0.4, -0.2) is 32.4 Å². The lowest BCUT2D eigenvalue weighted by Gasteiger charge is -2.13.